The highest BCUT2D eigenvalue weighted by atomic mass is 16.5. The highest BCUT2D eigenvalue weighted by Crippen LogP contribution is 2.17. The molecule has 0 atom stereocenters. The lowest BCUT2D eigenvalue weighted by Crippen LogP contribution is -2.20. The van der Waals surface area contributed by atoms with E-state index in [1.807, 2.05) is 6.92 Å². The number of hydrogen-bond acceptors (Lipinski definition) is 4. The maximum Gasteiger partial charge on any atom is 0.275 e. The summed E-state index contributed by atoms with van der Waals surface area (Å²) in [6.45, 7) is 1.95. The van der Waals surface area contributed by atoms with E-state index >= 15 is 0 Å². The topological polar surface area (TPSA) is 70.9 Å². The van der Waals surface area contributed by atoms with Gasteiger partial charge in [0.15, 0.2) is 0 Å². The number of benzene rings is 2. The van der Waals surface area contributed by atoms with Crippen molar-refractivity contribution in [2.45, 2.75) is 13.3 Å². The molecule has 0 aliphatic heterocycles. The number of nitrogens with one attached hydrogen (secondary N) is 1. The van der Waals surface area contributed by atoms with Gasteiger partial charge in [0.1, 0.15) is 11.5 Å². The Balaban J connectivity index is 2.18. The van der Waals surface area contributed by atoms with Crippen LogP contribution in [0, 0.1) is 0 Å². The third kappa shape index (κ3) is 3.63. The summed E-state index contributed by atoms with van der Waals surface area (Å²) in [6.07, 6.45) is 0.650. The predicted octanol–water partition coefficient (Wildman–Crippen LogP) is 2.94. The molecule has 0 aromatic heterocycles. The molecule has 2 N–H and O–H groups in total. The monoisotopic (exact) mass is 298 g/mol. The number of carbonyl (C=O) groups is 1. The number of aromatic hydroxyl groups is 1. The number of rotatable bonds is 5. The largest absolute Gasteiger partial charge is 0.508 e. The number of para-hydroxylation sites is 1. The van der Waals surface area contributed by atoms with E-state index in [2.05, 4.69) is 10.5 Å². The van der Waals surface area contributed by atoms with E-state index in [1.165, 1.54) is 7.11 Å². The fraction of sp³-hybridized carbons (Fsp3) is 0.176. The Morgan fingerprint density at radius 3 is 2.50 bits per heavy atom. The highest BCUT2D eigenvalue weighted by Gasteiger charge is 2.11. The van der Waals surface area contributed by atoms with Crippen molar-refractivity contribution in [1.82, 2.24) is 5.43 Å². The Morgan fingerprint density at radius 1 is 1.18 bits per heavy atom. The first-order valence-electron chi connectivity index (χ1n) is 6.95. The van der Waals surface area contributed by atoms with Crippen molar-refractivity contribution in [1.29, 1.82) is 0 Å². The van der Waals surface area contributed by atoms with Gasteiger partial charge in [-0.05, 0) is 48.4 Å². The van der Waals surface area contributed by atoms with Gasteiger partial charge in [-0.25, -0.2) is 5.43 Å². The minimum Gasteiger partial charge on any atom is -0.508 e. The molecule has 0 aliphatic carbocycles. The summed E-state index contributed by atoms with van der Waals surface area (Å²) < 4.78 is 5.16. The molecular formula is C17H18N2O3. The minimum atomic E-state index is -0.331. The summed E-state index contributed by atoms with van der Waals surface area (Å²) in [5.41, 5.74) is 4.54. The molecule has 114 valence electrons. The Hall–Kier alpha value is -2.82. The van der Waals surface area contributed by atoms with E-state index in [0.29, 0.717) is 17.7 Å². The number of methoxy groups -OCH3 is 1. The van der Waals surface area contributed by atoms with Gasteiger partial charge >= 0.3 is 0 Å². The van der Waals surface area contributed by atoms with Crippen molar-refractivity contribution in [3.05, 3.63) is 59.7 Å². The fourth-order valence-electron chi connectivity index (χ4n) is 2.01. The van der Waals surface area contributed by atoms with Crippen LogP contribution in [0.2, 0.25) is 0 Å². The predicted molar refractivity (Wildman–Crippen MR) is 85.4 cm³/mol. The van der Waals surface area contributed by atoms with E-state index in [9.17, 15) is 9.90 Å². The molecule has 0 fully saturated rings. The lowest BCUT2D eigenvalue weighted by molar-refractivity contribution is 0.0952. The molecule has 2 rings (SSSR count). The third-order valence-corrected chi connectivity index (χ3v) is 3.18. The second-order valence-electron chi connectivity index (χ2n) is 4.60. The number of hydrogen-bond donors (Lipinski definition) is 2. The molecule has 0 radical (unpaired) electrons. The summed E-state index contributed by atoms with van der Waals surface area (Å²) >= 11 is 0. The van der Waals surface area contributed by atoms with Crippen LogP contribution in [0.4, 0.5) is 0 Å². The molecule has 0 spiro atoms. The average molecular weight is 298 g/mol. The van der Waals surface area contributed by atoms with E-state index in [0.717, 1.165) is 11.3 Å². The second kappa shape index (κ2) is 7.26. The molecule has 0 heterocycles. The third-order valence-electron chi connectivity index (χ3n) is 3.18. The van der Waals surface area contributed by atoms with Gasteiger partial charge in [0.2, 0.25) is 0 Å². The Kier molecular flexibility index (Phi) is 5.14. The molecule has 0 unspecified atom stereocenters. The fourth-order valence-corrected chi connectivity index (χ4v) is 2.01. The Bertz CT molecular complexity index is 679. The van der Waals surface area contributed by atoms with Crippen LogP contribution in [-0.4, -0.2) is 23.8 Å². The lowest BCUT2D eigenvalue weighted by Gasteiger charge is -2.08. The SMILES string of the molecule is CC/C(=N/NC(=O)c1ccccc1OC)c1ccc(O)cc1. The summed E-state index contributed by atoms with van der Waals surface area (Å²) in [7, 11) is 1.52. The number of phenolic OH excluding ortho intramolecular Hbond substituents is 1. The average Bonchev–Trinajstić information content (AvgIpc) is 2.56. The zero-order valence-corrected chi connectivity index (χ0v) is 12.5. The maximum atomic E-state index is 12.2. The van der Waals surface area contributed by atoms with E-state index in [1.54, 1.807) is 48.5 Å². The Labute approximate surface area is 129 Å². The summed E-state index contributed by atoms with van der Waals surface area (Å²) in [4.78, 5) is 12.2. The van der Waals surface area contributed by atoms with Crippen molar-refractivity contribution < 1.29 is 14.6 Å². The number of nitrogens with zero attached hydrogens (tertiary/aromatic N) is 1. The van der Waals surface area contributed by atoms with Crippen LogP contribution >= 0.6 is 0 Å². The molecule has 0 saturated carbocycles. The highest BCUT2D eigenvalue weighted by molar-refractivity contribution is 6.02. The smallest absolute Gasteiger partial charge is 0.275 e. The lowest BCUT2D eigenvalue weighted by atomic mass is 10.1. The molecule has 1 amide bonds. The maximum absolute atomic E-state index is 12.2. The molecule has 0 saturated heterocycles. The molecule has 0 bridgehead atoms. The van der Waals surface area contributed by atoms with E-state index < -0.39 is 0 Å². The van der Waals surface area contributed by atoms with Crippen molar-refractivity contribution >= 4 is 11.6 Å². The zero-order valence-electron chi connectivity index (χ0n) is 12.5. The van der Waals surface area contributed by atoms with Gasteiger partial charge in [-0.2, -0.15) is 5.10 Å². The van der Waals surface area contributed by atoms with Crippen molar-refractivity contribution in [2.24, 2.45) is 5.10 Å². The van der Waals surface area contributed by atoms with Crippen molar-refractivity contribution in [2.75, 3.05) is 7.11 Å². The first-order valence-corrected chi connectivity index (χ1v) is 6.95. The van der Waals surface area contributed by atoms with Crippen LogP contribution in [-0.2, 0) is 0 Å². The first-order chi connectivity index (χ1) is 10.7. The van der Waals surface area contributed by atoms with Crippen LogP contribution in [0.1, 0.15) is 29.3 Å². The standard InChI is InChI=1S/C17H18N2O3/c1-3-15(12-8-10-13(20)11-9-12)18-19-17(21)14-6-4-5-7-16(14)22-2/h4-11,20H,3H2,1-2H3,(H,19,21)/b18-15-. The van der Waals surface area contributed by atoms with Gasteiger partial charge < -0.3 is 9.84 Å². The quantitative estimate of drug-likeness (QED) is 0.658. The number of hydrazone groups is 1. The van der Waals surface area contributed by atoms with Crippen LogP contribution in [0.3, 0.4) is 0 Å². The van der Waals surface area contributed by atoms with Gasteiger partial charge in [-0.3, -0.25) is 4.79 Å². The number of carbonyl (C=O) groups excluding carboxylic acids is 1. The summed E-state index contributed by atoms with van der Waals surface area (Å²) in [6, 6.07) is 13.6. The van der Waals surface area contributed by atoms with Gasteiger partial charge in [0.05, 0.1) is 18.4 Å². The zero-order chi connectivity index (χ0) is 15.9. The van der Waals surface area contributed by atoms with Crippen molar-refractivity contribution in [3.63, 3.8) is 0 Å². The van der Waals surface area contributed by atoms with Gasteiger partial charge in [-0.1, -0.05) is 19.1 Å². The minimum absolute atomic E-state index is 0.192. The molecular weight excluding hydrogens is 280 g/mol. The van der Waals surface area contributed by atoms with Gasteiger partial charge in [0, 0.05) is 0 Å². The van der Waals surface area contributed by atoms with E-state index in [4.69, 9.17) is 4.74 Å². The van der Waals surface area contributed by atoms with Crippen LogP contribution < -0.4 is 10.2 Å². The molecule has 5 heteroatoms. The van der Waals surface area contributed by atoms with E-state index in [-0.39, 0.29) is 11.7 Å². The van der Waals surface area contributed by atoms with Crippen LogP contribution in [0.25, 0.3) is 0 Å². The van der Waals surface area contributed by atoms with Crippen molar-refractivity contribution in [3.8, 4) is 11.5 Å². The van der Waals surface area contributed by atoms with Crippen LogP contribution in [0.15, 0.2) is 53.6 Å². The molecule has 22 heavy (non-hydrogen) atoms. The molecule has 0 aliphatic rings. The van der Waals surface area contributed by atoms with Gasteiger partial charge in [-0.15, -0.1) is 0 Å². The number of amides is 1. The van der Waals surface area contributed by atoms with Crippen LogP contribution in [0.5, 0.6) is 11.5 Å². The Morgan fingerprint density at radius 2 is 1.86 bits per heavy atom. The number of phenols is 1. The first kappa shape index (κ1) is 15.6. The van der Waals surface area contributed by atoms with Gasteiger partial charge in [0.25, 0.3) is 5.91 Å². The molecule has 5 nitrogen and oxygen atoms in total. The molecule has 2 aromatic rings. The normalized spacial score (nSPS) is 11.1. The number of ether oxygens (including phenoxy) is 1. The summed E-state index contributed by atoms with van der Waals surface area (Å²) in [5, 5.41) is 13.5. The summed E-state index contributed by atoms with van der Waals surface area (Å²) in [5.74, 6) is 0.359. The molecule has 2 aromatic carbocycles. The second-order valence-corrected chi connectivity index (χ2v) is 4.60.